The van der Waals surface area contributed by atoms with Gasteiger partial charge in [-0.05, 0) is 29.8 Å². The van der Waals surface area contributed by atoms with Gasteiger partial charge in [0.1, 0.15) is 12.1 Å². The van der Waals surface area contributed by atoms with Crippen LogP contribution in [-0.2, 0) is 6.54 Å². The molecule has 0 atom stereocenters. The average molecular weight is 333 g/mol. The van der Waals surface area contributed by atoms with E-state index in [1.54, 1.807) is 12.5 Å². The Balaban J connectivity index is 1.61. The first-order chi connectivity index (χ1) is 11.8. The summed E-state index contributed by atoms with van der Waals surface area (Å²) in [5.41, 5.74) is 3.02. The molecular formula is C18H15N5S. The molecule has 0 amide bonds. The van der Waals surface area contributed by atoms with Crippen LogP contribution in [0, 0.1) is 0 Å². The van der Waals surface area contributed by atoms with Crippen molar-refractivity contribution in [3.8, 4) is 5.95 Å². The molecule has 6 heteroatoms. The summed E-state index contributed by atoms with van der Waals surface area (Å²) in [7, 11) is 0. The van der Waals surface area contributed by atoms with Crippen molar-refractivity contribution in [2.75, 3.05) is 5.32 Å². The Bertz CT molecular complexity index is 995. The number of nitrogens with zero attached hydrogens (tertiary/aromatic N) is 4. The summed E-state index contributed by atoms with van der Waals surface area (Å²) in [6.07, 6.45) is 3.48. The number of anilines is 1. The van der Waals surface area contributed by atoms with E-state index in [1.807, 2.05) is 59.2 Å². The second-order valence-corrected chi connectivity index (χ2v) is 5.81. The minimum absolute atomic E-state index is 0.591. The van der Waals surface area contributed by atoms with Crippen molar-refractivity contribution in [2.24, 2.45) is 0 Å². The van der Waals surface area contributed by atoms with Crippen LogP contribution in [0.25, 0.3) is 17.0 Å². The lowest BCUT2D eigenvalue weighted by Crippen LogP contribution is -2.06. The lowest BCUT2D eigenvalue weighted by atomic mass is 10.2. The Morgan fingerprint density at radius 3 is 2.71 bits per heavy atom. The predicted molar refractivity (Wildman–Crippen MR) is 97.7 cm³/mol. The van der Waals surface area contributed by atoms with Crippen LogP contribution >= 0.6 is 12.6 Å². The highest BCUT2D eigenvalue weighted by atomic mass is 32.1. The Kier molecular flexibility index (Phi) is 3.88. The Labute approximate surface area is 144 Å². The zero-order chi connectivity index (χ0) is 16.4. The first-order valence-corrected chi connectivity index (χ1v) is 8.02. The molecule has 0 unspecified atom stereocenters. The van der Waals surface area contributed by atoms with Crippen LogP contribution in [-0.4, -0.2) is 19.5 Å². The van der Waals surface area contributed by atoms with E-state index in [0.717, 1.165) is 27.3 Å². The van der Waals surface area contributed by atoms with Gasteiger partial charge in [0.25, 0.3) is 0 Å². The van der Waals surface area contributed by atoms with Gasteiger partial charge in [0.05, 0.1) is 11.0 Å². The van der Waals surface area contributed by atoms with Crippen molar-refractivity contribution in [3.63, 3.8) is 0 Å². The number of imidazole rings is 1. The SMILES string of the molecule is Sc1ccccc1CNc1ccnc(-n2cnc3ccccc32)n1. The monoisotopic (exact) mass is 333 g/mol. The summed E-state index contributed by atoms with van der Waals surface area (Å²) in [6.45, 7) is 0.654. The van der Waals surface area contributed by atoms with E-state index >= 15 is 0 Å². The van der Waals surface area contributed by atoms with Crippen LogP contribution in [0.1, 0.15) is 5.56 Å². The van der Waals surface area contributed by atoms with Gasteiger partial charge in [-0.3, -0.25) is 4.57 Å². The van der Waals surface area contributed by atoms with Crippen molar-refractivity contribution in [1.82, 2.24) is 19.5 Å². The summed E-state index contributed by atoms with van der Waals surface area (Å²) in [4.78, 5) is 14.3. The van der Waals surface area contributed by atoms with E-state index in [2.05, 4.69) is 32.9 Å². The van der Waals surface area contributed by atoms with Gasteiger partial charge in [-0.1, -0.05) is 30.3 Å². The Morgan fingerprint density at radius 1 is 0.958 bits per heavy atom. The summed E-state index contributed by atoms with van der Waals surface area (Å²) in [6, 6.07) is 17.8. The molecule has 0 radical (unpaired) electrons. The van der Waals surface area contributed by atoms with E-state index in [9.17, 15) is 0 Å². The van der Waals surface area contributed by atoms with Crippen LogP contribution in [0.5, 0.6) is 0 Å². The molecule has 5 nitrogen and oxygen atoms in total. The lowest BCUT2D eigenvalue weighted by molar-refractivity contribution is 0.940. The van der Waals surface area contributed by atoms with Crippen molar-refractivity contribution in [2.45, 2.75) is 11.4 Å². The number of aromatic nitrogens is 4. The molecule has 0 saturated heterocycles. The fourth-order valence-electron chi connectivity index (χ4n) is 2.53. The quantitative estimate of drug-likeness (QED) is 0.559. The normalized spacial score (nSPS) is 10.9. The number of fused-ring (bicyclic) bond motifs is 1. The molecule has 2 aromatic carbocycles. The zero-order valence-electron chi connectivity index (χ0n) is 12.8. The maximum Gasteiger partial charge on any atom is 0.237 e. The van der Waals surface area contributed by atoms with Gasteiger partial charge in [-0.2, -0.15) is 4.98 Å². The summed E-state index contributed by atoms with van der Waals surface area (Å²) in [5, 5.41) is 3.32. The molecule has 0 fully saturated rings. The third kappa shape index (κ3) is 2.83. The molecule has 0 aliphatic carbocycles. The summed E-state index contributed by atoms with van der Waals surface area (Å²) >= 11 is 4.47. The van der Waals surface area contributed by atoms with Crippen molar-refractivity contribution in [3.05, 3.63) is 72.7 Å². The van der Waals surface area contributed by atoms with E-state index in [1.165, 1.54) is 0 Å². The van der Waals surface area contributed by atoms with Gasteiger partial charge in [0.15, 0.2) is 0 Å². The van der Waals surface area contributed by atoms with Crippen molar-refractivity contribution >= 4 is 29.5 Å². The summed E-state index contributed by atoms with van der Waals surface area (Å²) in [5.74, 6) is 1.35. The highest BCUT2D eigenvalue weighted by molar-refractivity contribution is 7.80. The van der Waals surface area contributed by atoms with Crippen LogP contribution in [0.4, 0.5) is 5.82 Å². The number of benzene rings is 2. The molecule has 4 rings (SSSR count). The molecule has 2 aromatic heterocycles. The van der Waals surface area contributed by atoms with Crippen LogP contribution < -0.4 is 5.32 Å². The van der Waals surface area contributed by atoms with Crippen LogP contribution in [0.3, 0.4) is 0 Å². The van der Waals surface area contributed by atoms with Gasteiger partial charge in [-0.25, -0.2) is 9.97 Å². The smallest absolute Gasteiger partial charge is 0.237 e. The first-order valence-electron chi connectivity index (χ1n) is 7.57. The van der Waals surface area contributed by atoms with Crippen LogP contribution in [0.2, 0.25) is 0 Å². The maximum atomic E-state index is 4.59. The fourth-order valence-corrected chi connectivity index (χ4v) is 2.77. The van der Waals surface area contributed by atoms with E-state index in [0.29, 0.717) is 12.5 Å². The van der Waals surface area contributed by atoms with E-state index < -0.39 is 0 Å². The number of thiol groups is 1. The number of para-hydroxylation sites is 2. The molecule has 0 spiro atoms. The molecule has 0 aliphatic rings. The van der Waals surface area contributed by atoms with Gasteiger partial charge < -0.3 is 5.32 Å². The summed E-state index contributed by atoms with van der Waals surface area (Å²) < 4.78 is 1.88. The molecule has 2 heterocycles. The molecule has 0 bridgehead atoms. The predicted octanol–water partition coefficient (Wildman–Crippen LogP) is 3.72. The molecule has 24 heavy (non-hydrogen) atoms. The molecule has 4 aromatic rings. The highest BCUT2D eigenvalue weighted by Crippen LogP contribution is 2.17. The second-order valence-electron chi connectivity index (χ2n) is 5.33. The van der Waals surface area contributed by atoms with Crippen LogP contribution in [0.15, 0.2) is 72.0 Å². The number of rotatable bonds is 4. The molecule has 0 aliphatic heterocycles. The minimum Gasteiger partial charge on any atom is -0.366 e. The van der Waals surface area contributed by atoms with Crippen molar-refractivity contribution in [1.29, 1.82) is 0 Å². The largest absolute Gasteiger partial charge is 0.366 e. The number of hydrogen-bond acceptors (Lipinski definition) is 5. The fraction of sp³-hybridized carbons (Fsp3) is 0.0556. The second kappa shape index (κ2) is 6.33. The Morgan fingerprint density at radius 2 is 1.79 bits per heavy atom. The minimum atomic E-state index is 0.591. The maximum absolute atomic E-state index is 4.59. The average Bonchev–Trinajstić information content (AvgIpc) is 3.05. The molecular weight excluding hydrogens is 318 g/mol. The third-order valence-electron chi connectivity index (χ3n) is 3.76. The molecule has 1 N–H and O–H groups in total. The van der Waals surface area contributed by atoms with Gasteiger partial charge in [-0.15, -0.1) is 12.6 Å². The number of hydrogen-bond donors (Lipinski definition) is 2. The Hall–Kier alpha value is -2.86. The standard InChI is InChI=1S/C18H15N5S/c24-16-8-4-1-5-13(16)11-20-17-9-10-19-18(22-17)23-12-21-14-6-2-3-7-15(14)23/h1-10,12,24H,11H2,(H,19,20,22). The van der Waals surface area contributed by atoms with E-state index in [4.69, 9.17) is 0 Å². The van der Waals surface area contributed by atoms with Gasteiger partial charge in [0, 0.05) is 17.6 Å². The van der Waals surface area contributed by atoms with Crippen molar-refractivity contribution < 1.29 is 0 Å². The third-order valence-corrected chi connectivity index (χ3v) is 4.20. The van der Waals surface area contributed by atoms with Gasteiger partial charge >= 0.3 is 0 Å². The number of nitrogens with one attached hydrogen (secondary N) is 1. The highest BCUT2D eigenvalue weighted by Gasteiger charge is 2.07. The topological polar surface area (TPSA) is 55.6 Å². The van der Waals surface area contributed by atoms with E-state index in [-0.39, 0.29) is 0 Å². The first kappa shape index (κ1) is 14.7. The zero-order valence-corrected chi connectivity index (χ0v) is 13.7. The molecule has 118 valence electrons. The lowest BCUT2D eigenvalue weighted by Gasteiger charge is -2.09. The molecule has 0 saturated carbocycles. The van der Waals surface area contributed by atoms with Gasteiger partial charge in [0.2, 0.25) is 5.95 Å².